The monoisotopic (exact) mass is 221 g/mol. The van der Waals surface area contributed by atoms with Crippen LogP contribution in [0.5, 0.6) is 5.75 Å². The van der Waals surface area contributed by atoms with Crippen LogP contribution in [0.15, 0.2) is 12.1 Å². The molecule has 0 fully saturated rings. The average Bonchev–Trinajstić information content (AvgIpc) is 2.57. The lowest BCUT2D eigenvalue weighted by molar-refractivity contribution is -0.136. The van der Waals surface area contributed by atoms with Crippen molar-refractivity contribution >= 4 is 5.97 Å². The third kappa shape index (κ3) is 1.88. The van der Waals surface area contributed by atoms with Crippen LogP contribution >= 0.6 is 0 Å². The second-order valence-electron chi connectivity index (χ2n) is 4.13. The summed E-state index contributed by atoms with van der Waals surface area (Å²) in [6.45, 7) is 0. The Hall–Kier alpha value is -1.55. The number of fused-ring (bicyclic) bond motifs is 1. The predicted molar refractivity (Wildman–Crippen MR) is 59.7 cm³/mol. The maximum absolute atomic E-state index is 10.7. The van der Waals surface area contributed by atoms with Gasteiger partial charge in [0.1, 0.15) is 5.75 Å². The number of hydrogen-bond donors (Lipinski definition) is 2. The summed E-state index contributed by atoms with van der Waals surface area (Å²) in [6.07, 6.45) is 1.61. The highest BCUT2D eigenvalue weighted by molar-refractivity contribution is 5.72. The largest absolute Gasteiger partial charge is 0.496 e. The number of carboxylic acid groups (broad SMARTS) is 1. The summed E-state index contributed by atoms with van der Waals surface area (Å²) < 4.78 is 5.32. The van der Waals surface area contributed by atoms with Crippen LogP contribution in [0, 0.1) is 0 Å². The molecule has 1 aromatic carbocycles. The molecule has 4 nitrogen and oxygen atoms in total. The van der Waals surface area contributed by atoms with E-state index < -0.39 is 5.97 Å². The Labute approximate surface area is 94.0 Å². The van der Waals surface area contributed by atoms with Gasteiger partial charge in [0.2, 0.25) is 0 Å². The molecule has 1 atom stereocenters. The van der Waals surface area contributed by atoms with Crippen molar-refractivity contribution in [2.24, 2.45) is 5.73 Å². The van der Waals surface area contributed by atoms with Crippen LogP contribution < -0.4 is 10.5 Å². The normalized spacial score (nSPS) is 18.2. The molecule has 1 aliphatic rings. The molecular weight excluding hydrogens is 206 g/mol. The van der Waals surface area contributed by atoms with Crippen molar-refractivity contribution in [1.82, 2.24) is 0 Å². The smallest absolute Gasteiger partial charge is 0.307 e. The Balaban J connectivity index is 2.42. The molecule has 0 spiro atoms. The van der Waals surface area contributed by atoms with Crippen molar-refractivity contribution in [1.29, 1.82) is 0 Å². The number of benzene rings is 1. The number of carboxylic acids is 1. The second-order valence-corrected chi connectivity index (χ2v) is 4.13. The van der Waals surface area contributed by atoms with Crippen LogP contribution in [0.3, 0.4) is 0 Å². The fourth-order valence-electron chi connectivity index (χ4n) is 2.31. The fourth-order valence-corrected chi connectivity index (χ4v) is 2.31. The topological polar surface area (TPSA) is 72.5 Å². The lowest BCUT2D eigenvalue weighted by Crippen LogP contribution is -2.19. The van der Waals surface area contributed by atoms with E-state index in [2.05, 4.69) is 0 Å². The van der Waals surface area contributed by atoms with E-state index in [-0.39, 0.29) is 12.5 Å². The van der Waals surface area contributed by atoms with Crippen LogP contribution in [0.1, 0.15) is 16.7 Å². The molecule has 86 valence electrons. The molecule has 1 aromatic rings. The van der Waals surface area contributed by atoms with Crippen LogP contribution in [-0.2, 0) is 24.1 Å². The van der Waals surface area contributed by atoms with Gasteiger partial charge in [-0.05, 0) is 24.0 Å². The van der Waals surface area contributed by atoms with Crippen LogP contribution in [0.2, 0.25) is 0 Å². The van der Waals surface area contributed by atoms with Gasteiger partial charge >= 0.3 is 5.97 Å². The third-order valence-electron chi connectivity index (χ3n) is 2.93. The van der Waals surface area contributed by atoms with E-state index in [4.69, 9.17) is 15.6 Å². The van der Waals surface area contributed by atoms with Gasteiger partial charge in [0, 0.05) is 11.6 Å². The molecule has 0 aromatic heterocycles. The first-order valence-corrected chi connectivity index (χ1v) is 5.26. The van der Waals surface area contributed by atoms with Crippen LogP contribution in [0.25, 0.3) is 0 Å². The molecule has 1 unspecified atom stereocenters. The van der Waals surface area contributed by atoms with Crippen LogP contribution in [0.4, 0.5) is 0 Å². The zero-order valence-corrected chi connectivity index (χ0v) is 9.19. The quantitative estimate of drug-likeness (QED) is 0.790. The Bertz CT molecular complexity index is 429. The number of rotatable bonds is 3. The van der Waals surface area contributed by atoms with E-state index >= 15 is 0 Å². The lowest BCUT2D eigenvalue weighted by Gasteiger charge is -2.11. The van der Waals surface area contributed by atoms with E-state index in [1.165, 1.54) is 5.56 Å². The zero-order chi connectivity index (χ0) is 11.7. The van der Waals surface area contributed by atoms with Crippen molar-refractivity contribution in [2.75, 3.05) is 7.11 Å². The molecular formula is C12H15NO3. The Morgan fingerprint density at radius 1 is 1.56 bits per heavy atom. The minimum absolute atomic E-state index is 0.00824. The molecule has 16 heavy (non-hydrogen) atoms. The van der Waals surface area contributed by atoms with E-state index in [9.17, 15) is 4.79 Å². The summed E-state index contributed by atoms with van der Waals surface area (Å²) in [5.74, 6) is -0.145. The van der Waals surface area contributed by atoms with Gasteiger partial charge in [-0.25, -0.2) is 0 Å². The van der Waals surface area contributed by atoms with E-state index in [1.54, 1.807) is 7.11 Å². The van der Waals surface area contributed by atoms with E-state index in [0.717, 1.165) is 24.0 Å². The molecule has 3 N–H and O–H groups in total. The highest BCUT2D eigenvalue weighted by Gasteiger charge is 2.24. The maximum atomic E-state index is 10.7. The van der Waals surface area contributed by atoms with Crippen molar-refractivity contribution in [3.05, 3.63) is 28.8 Å². The first kappa shape index (κ1) is 11.0. The molecule has 0 heterocycles. The number of hydrogen-bond acceptors (Lipinski definition) is 3. The number of ether oxygens (including phenoxy) is 1. The average molecular weight is 221 g/mol. The fraction of sp³-hybridized carbons (Fsp3) is 0.417. The molecule has 0 aliphatic heterocycles. The van der Waals surface area contributed by atoms with Crippen molar-refractivity contribution in [3.63, 3.8) is 0 Å². The van der Waals surface area contributed by atoms with Gasteiger partial charge in [-0.3, -0.25) is 4.79 Å². The van der Waals surface area contributed by atoms with Gasteiger partial charge < -0.3 is 15.6 Å². The van der Waals surface area contributed by atoms with Gasteiger partial charge in [0.15, 0.2) is 0 Å². The van der Waals surface area contributed by atoms with Gasteiger partial charge in [-0.15, -0.1) is 0 Å². The summed E-state index contributed by atoms with van der Waals surface area (Å²) in [5.41, 5.74) is 8.87. The van der Waals surface area contributed by atoms with E-state index in [1.807, 2.05) is 12.1 Å². The highest BCUT2D eigenvalue weighted by Crippen LogP contribution is 2.33. The standard InChI is InChI=1S/C12H15NO3/c1-16-12-8(5-11(14)15)3-2-7-4-9(13)6-10(7)12/h2-3,9H,4-6,13H2,1H3,(H,14,15). The molecule has 1 aliphatic carbocycles. The molecule has 0 amide bonds. The predicted octanol–water partition coefficient (Wildman–Crippen LogP) is 0.748. The number of nitrogens with two attached hydrogens (primary N) is 1. The molecule has 0 bridgehead atoms. The molecule has 2 rings (SSSR count). The van der Waals surface area contributed by atoms with Gasteiger partial charge in [-0.1, -0.05) is 12.1 Å². The minimum Gasteiger partial charge on any atom is -0.496 e. The van der Waals surface area contributed by atoms with Gasteiger partial charge in [0.25, 0.3) is 0 Å². The van der Waals surface area contributed by atoms with Crippen molar-refractivity contribution in [3.8, 4) is 5.75 Å². The summed E-state index contributed by atoms with van der Waals surface area (Å²) in [7, 11) is 1.57. The maximum Gasteiger partial charge on any atom is 0.307 e. The van der Waals surface area contributed by atoms with Gasteiger partial charge in [-0.2, -0.15) is 0 Å². The van der Waals surface area contributed by atoms with Crippen LogP contribution in [-0.4, -0.2) is 24.2 Å². The Morgan fingerprint density at radius 3 is 2.94 bits per heavy atom. The Morgan fingerprint density at radius 2 is 2.31 bits per heavy atom. The summed E-state index contributed by atoms with van der Waals surface area (Å²) in [5, 5.41) is 8.81. The highest BCUT2D eigenvalue weighted by atomic mass is 16.5. The Kier molecular flexibility index (Phi) is 2.83. The summed E-state index contributed by atoms with van der Waals surface area (Å²) in [6, 6.07) is 3.91. The summed E-state index contributed by atoms with van der Waals surface area (Å²) >= 11 is 0. The number of carbonyl (C=O) groups is 1. The molecule has 0 saturated carbocycles. The minimum atomic E-state index is -0.847. The number of methoxy groups -OCH3 is 1. The molecule has 4 heteroatoms. The lowest BCUT2D eigenvalue weighted by atomic mass is 10.0. The first-order chi connectivity index (χ1) is 7.61. The SMILES string of the molecule is COc1c(CC(=O)O)ccc2c1CC(N)C2. The first-order valence-electron chi connectivity index (χ1n) is 5.26. The van der Waals surface area contributed by atoms with E-state index in [0.29, 0.717) is 5.75 Å². The second kappa shape index (κ2) is 4.14. The van der Waals surface area contributed by atoms with Gasteiger partial charge in [0.05, 0.1) is 13.5 Å². The summed E-state index contributed by atoms with van der Waals surface area (Å²) in [4.78, 5) is 10.7. The number of aliphatic carboxylic acids is 1. The van der Waals surface area contributed by atoms with Crippen molar-refractivity contribution in [2.45, 2.75) is 25.3 Å². The molecule has 0 saturated heterocycles. The van der Waals surface area contributed by atoms with Crippen molar-refractivity contribution < 1.29 is 14.6 Å². The molecule has 0 radical (unpaired) electrons. The zero-order valence-electron chi connectivity index (χ0n) is 9.19. The third-order valence-corrected chi connectivity index (χ3v) is 2.93.